The molecule has 8 heteroatoms. The van der Waals surface area contributed by atoms with E-state index in [0.29, 0.717) is 0 Å². The van der Waals surface area contributed by atoms with E-state index < -0.39 is 22.9 Å². The Balaban J connectivity index is 2.57. The van der Waals surface area contributed by atoms with Crippen molar-refractivity contribution >= 4 is 32.7 Å². The van der Waals surface area contributed by atoms with E-state index in [2.05, 4.69) is 4.18 Å². The average Bonchev–Trinajstić information content (AvgIpc) is 2.27. The van der Waals surface area contributed by atoms with Crippen molar-refractivity contribution in [1.29, 1.82) is 0 Å². The molecule has 0 aliphatic carbocycles. The van der Waals surface area contributed by atoms with Gasteiger partial charge in [0.2, 0.25) is 0 Å². The van der Waals surface area contributed by atoms with Gasteiger partial charge in [-0.3, -0.25) is 4.18 Å². The molecule has 1 aromatic rings. The molecular weight excluding hydrogens is 396 g/mol. The van der Waals surface area contributed by atoms with Gasteiger partial charge in [-0.15, -0.1) is 0 Å². The molecule has 0 atom stereocenters. The first-order chi connectivity index (χ1) is 8.71. The summed E-state index contributed by atoms with van der Waals surface area (Å²) in [5, 5.41) is 0. The van der Waals surface area contributed by atoms with Crippen LogP contribution in [-0.2, 0) is 14.3 Å². The molecule has 0 unspecified atom stereocenters. The zero-order valence-electron chi connectivity index (χ0n) is 9.37. The lowest BCUT2D eigenvalue weighted by Crippen LogP contribution is -2.07. The van der Waals surface area contributed by atoms with Crippen molar-refractivity contribution in [3.05, 3.63) is 27.8 Å². The van der Waals surface area contributed by atoms with Gasteiger partial charge in [-0.2, -0.15) is 21.6 Å². The van der Waals surface area contributed by atoms with Gasteiger partial charge in [-0.25, -0.2) is 0 Å². The quantitative estimate of drug-likeness (QED) is 0.336. The molecule has 1 rings (SSSR count). The van der Waals surface area contributed by atoms with Crippen molar-refractivity contribution in [3.63, 3.8) is 0 Å². The summed E-state index contributed by atoms with van der Waals surface area (Å²) in [5.74, 6) is 2.82. The summed E-state index contributed by atoms with van der Waals surface area (Å²) in [6.07, 6.45) is -4.89. The first-order valence-corrected chi connectivity index (χ1v) is 7.41. The maximum Gasteiger partial charge on any atom is 0.457 e. The SMILES string of the molecule is O=S(=O)(OCCC#CC(F)(F)F)c1ccc(I)cc1. The van der Waals surface area contributed by atoms with Crippen LogP contribution >= 0.6 is 22.6 Å². The Morgan fingerprint density at radius 1 is 1.21 bits per heavy atom. The van der Waals surface area contributed by atoms with Gasteiger partial charge in [0.15, 0.2) is 0 Å². The maximum atomic E-state index is 11.7. The van der Waals surface area contributed by atoms with E-state index in [1.54, 1.807) is 18.1 Å². The number of rotatable bonds is 4. The molecule has 0 N–H and O–H groups in total. The van der Waals surface area contributed by atoms with Crippen LogP contribution in [0.3, 0.4) is 0 Å². The first kappa shape index (κ1) is 16.3. The van der Waals surface area contributed by atoms with Crippen molar-refractivity contribution in [2.24, 2.45) is 0 Å². The van der Waals surface area contributed by atoms with Crippen LogP contribution in [0.2, 0.25) is 0 Å². The van der Waals surface area contributed by atoms with E-state index in [9.17, 15) is 21.6 Å². The van der Waals surface area contributed by atoms with Crippen LogP contribution in [0.5, 0.6) is 0 Å². The lowest BCUT2D eigenvalue weighted by Gasteiger charge is -2.03. The zero-order chi connectivity index (χ0) is 14.5. The standard InChI is InChI=1S/C11H8F3IO3S/c12-11(13,14)7-1-2-8-18-19(16,17)10-5-3-9(15)4-6-10/h3-6H,2,8H2. The van der Waals surface area contributed by atoms with Crippen molar-refractivity contribution in [2.45, 2.75) is 17.5 Å². The van der Waals surface area contributed by atoms with Gasteiger partial charge in [0, 0.05) is 15.9 Å². The largest absolute Gasteiger partial charge is 0.457 e. The molecule has 1 aromatic carbocycles. The normalized spacial score (nSPS) is 11.8. The van der Waals surface area contributed by atoms with E-state index in [-0.39, 0.29) is 11.3 Å². The Morgan fingerprint density at radius 3 is 2.32 bits per heavy atom. The fourth-order valence-corrected chi connectivity index (χ4v) is 2.30. The van der Waals surface area contributed by atoms with E-state index >= 15 is 0 Å². The van der Waals surface area contributed by atoms with Crippen LogP contribution in [0.15, 0.2) is 29.2 Å². The Labute approximate surface area is 122 Å². The number of alkyl halides is 3. The smallest absolute Gasteiger partial charge is 0.265 e. The lowest BCUT2D eigenvalue weighted by molar-refractivity contribution is -0.0697. The van der Waals surface area contributed by atoms with Gasteiger partial charge in [0.25, 0.3) is 10.1 Å². The number of halogens is 4. The van der Waals surface area contributed by atoms with E-state index in [1.807, 2.05) is 22.6 Å². The summed E-state index contributed by atoms with van der Waals surface area (Å²) in [5.41, 5.74) is 0. The number of hydrogen-bond donors (Lipinski definition) is 0. The molecule has 0 bridgehead atoms. The van der Waals surface area contributed by atoms with Crippen molar-refractivity contribution in [3.8, 4) is 11.8 Å². The van der Waals surface area contributed by atoms with Crippen molar-refractivity contribution in [1.82, 2.24) is 0 Å². The first-order valence-electron chi connectivity index (χ1n) is 4.92. The summed E-state index contributed by atoms with van der Waals surface area (Å²) < 4.78 is 63.7. The molecule has 0 aromatic heterocycles. The Hall–Kier alpha value is -0.790. The van der Waals surface area contributed by atoms with Crippen LogP contribution < -0.4 is 0 Å². The van der Waals surface area contributed by atoms with Crippen LogP contribution in [0, 0.1) is 15.4 Å². The summed E-state index contributed by atoms with van der Waals surface area (Å²) in [6.45, 7) is -0.419. The van der Waals surface area contributed by atoms with Crippen molar-refractivity contribution in [2.75, 3.05) is 6.61 Å². The molecule has 0 saturated heterocycles. The molecule has 19 heavy (non-hydrogen) atoms. The van der Waals surface area contributed by atoms with Gasteiger partial charge in [0.1, 0.15) is 0 Å². The summed E-state index contributed by atoms with van der Waals surface area (Å²) in [6, 6.07) is 5.89. The lowest BCUT2D eigenvalue weighted by atomic mass is 10.4. The molecule has 0 amide bonds. The molecule has 0 aliphatic heterocycles. The maximum absolute atomic E-state index is 11.7. The molecule has 0 saturated carbocycles. The second kappa shape index (κ2) is 6.58. The van der Waals surface area contributed by atoms with Crippen LogP contribution in [0.4, 0.5) is 13.2 Å². The van der Waals surface area contributed by atoms with E-state index in [1.165, 1.54) is 12.1 Å². The van der Waals surface area contributed by atoms with Gasteiger partial charge in [-0.05, 0) is 46.9 Å². The minimum absolute atomic E-state index is 0.0447. The van der Waals surface area contributed by atoms with E-state index in [4.69, 9.17) is 0 Å². The van der Waals surface area contributed by atoms with Crippen LogP contribution in [-0.4, -0.2) is 21.2 Å². The zero-order valence-corrected chi connectivity index (χ0v) is 12.3. The van der Waals surface area contributed by atoms with Gasteiger partial charge >= 0.3 is 6.18 Å². The third-order valence-electron chi connectivity index (χ3n) is 1.80. The monoisotopic (exact) mass is 404 g/mol. The summed E-state index contributed by atoms with van der Waals surface area (Å²) in [7, 11) is -3.95. The van der Waals surface area contributed by atoms with E-state index in [0.717, 1.165) is 9.49 Å². The number of benzene rings is 1. The molecule has 3 nitrogen and oxygen atoms in total. The fraction of sp³-hybridized carbons (Fsp3) is 0.273. The fourth-order valence-electron chi connectivity index (χ4n) is 1.03. The van der Waals surface area contributed by atoms with Crippen LogP contribution in [0.25, 0.3) is 0 Å². The molecule has 104 valence electrons. The predicted octanol–water partition coefficient (Wildman–Crippen LogP) is 2.95. The number of hydrogen-bond acceptors (Lipinski definition) is 3. The van der Waals surface area contributed by atoms with Gasteiger partial charge in [0.05, 0.1) is 11.5 Å². The predicted molar refractivity (Wildman–Crippen MR) is 70.7 cm³/mol. The highest BCUT2D eigenvalue weighted by Crippen LogP contribution is 2.15. The summed E-state index contributed by atoms with van der Waals surface area (Å²) in [4.78, 5) is -0.0447. The topological polar surface area (TPSA) is 43.4 Å². The Kier molecular flexibility index (Phi) is 5.64. The Bertz CT molecular complexity index is 582. The molecule has 0 fully saturated rings. The highest BCUT2D eigenvalue weighted by Gasteiger charge is 2.22. The molecule has 0 radical (unpaired) electrons. The third-order valence-corrected chi connectivity index (χ3v) is 3.84. The highest BCUT2D eigenvalue weighted by atomic mass is 127. The second-order valence-electron chi connectivity index (χ2n) is 3.28. The van der Waals surface area contributed by atoms with Crippen LogP contribution in [0.1, 0.15) is 6.42 Å². The van der Waals surface area contributed by atoms with Crippen molar-refractivity contribution < 1.29 is 25.8 Å². The minimum atomic E-state index is -4.57. The van der Waals surface area contributed by atoms with Gasteiger partial charge in [-0.1, -0.05) is 5.92 Å². The average molecular weight is 404 g/mol. The van der Waals surface area contributed by atoms with Gasteiger partial charge < -0.3 is 0 Å². The third kappa shape index (κ3) is 6.26. The highest BCUT2D eigenvalue weighted by molar-refractivity contribution is 14.1. The second-order valence-corrected chi connectivity index (χ2v) is 6.14. The minimum Gasteiger partial charge on any atom is -0.265 e. The molecular formula is C11H8F3IO3S. The molecule has 0 spiro atoms. The molecule has 0 aliphatic rings. The summed E-state index contributed by atoms with van der Waals surface area (Å²) >= 11 is 2.01. The molecule has 0 heterocycles. The Morgan fingerprint density at radius 2 is 1.79 bits per heavy atom.